The van der Waals surface area contributed by atoms with Crippen molar-refractivity contribution in [1.82, 2.24) is 20.0 Å². The van der Waals surface area contributed by atoms with E-state index in [1.54, 1.807) is 0 Å². The smallest absolute Gasteiger partial charge is 0.310 e. The number of esters is 1. The number of guanidine groups is 1. The van der Waals surface area contributed by atoms with Gasteiger partial charge in [-0.25, -0.2) is 9.67 Å². The molecule has 1 atom stereocenters. The number of halogens is 1. The van der Waals surface area contributed by atoms with E-state index in [-0.39, 0.29) is 35.9 Å². The zero-order chi connectivity index (χ0) is 19.8. The average molecular weight is 511 g/mol. The van der Waals surface area contributed by atoms with Crippen LogP contribution in [0.3, 0.4) is 0 Å². The van der Waals surface area contributed by atoms with Gasteiger partial charge in [0.25, 0.3) is 0 Å². The van der Waals surface area contributed by atoms with Crippen LogP contribution < -0.4 is 5.32 Å². The molecule has 0 spiro atoms. The Hall–Kier alpha value is -2.10. The number of rotatable bonds is 6. The maximum atomic E-state index is 12.1. The van der Waals surface area contributed by atoms with Crippen LogP contribution in [0.1, 0.15) is 32.4 Å². The zero-order valence-electron chi connectivity index (χ0n) is 17.1. The number of piperidine rings is 1. The summed E-state index contributed by atoms with van der Waals surface area (Å²) >= 11 is 0. The van der Waals surface area contributed by atoms with Gasteiger partial charge in [-0.1, -0.05) is 18.2 Å². The zero-order valence-corrected chi connectivity index (χ0v) is 19.4. The average Bonchev–Trinajstić information content (AvgIpc) is 3.21. The number of benzene rings is 1. The summed E-state index contributed by atoms with van der Waals surface area (Å²) in [6, 6.07) is 12.0. The van der Waals surface area contributed by atoms with Gasteiger partial charge in [0.2, 0.25) is 0 Å². The third-order valence-corrected chi connectivity index (χ3v) is 4.73. The molecule has 8 heteroatoms. The first kappa shape index (κ1) is 23.2. The topological polar surface area (TPSA) is 71.8 Å². The van der Waals surface area contributed by atoms with Gasteiger partial charge in [-0.05, 0) is 44.9 Å². The third kappa shape index (κ3) is 6.45. The molecule has 0 amide bonds. The van der Waals surface area contributed by atoms with Crippen LogP contribution in [0.5, 0.6) is 0 Å². The Bertz CT molecular complexity index is 793. The fourth-order valence-corrected chi connectivity index (χ4v) is 3.37. The second-order valence-corrected chi connectivity index (χ2v) is 6.79. The summed E-state index contributed by atoms with van der Waals surface area (Å²) in [5.41, 5.74) is 1.93. The lowest BCUT2D eigenvalue weighted by atomic mass is 9.98. The van der Waals surface area contributed by atoms with Gasteiger partial charge in [0, 0.05) is 25.8 Å². The number of ether oxygens (including phenoxy) is 1. The summed E-state index contributed by atoms with van der Waals surface area (Å²) in [5.74, 6) is 0.630. The number of nitrogens with zero attached hydrogens (tertiary/aromatic N) is 4. The highest BCUT2D eigenvalue weighted by molar-refractivity contribution is 14.0. The molecule has 29 heavy (non-hydrogen) atoms. The second-order valence-electron chi connectivity index (χ2n) is 6.79. The van der Waals surface area contributed by atoms with Gasteiger partial charge in [-0.2, -0.15) is 5.10 Å². The summed E-state index contributed by atoms with van der Waals surface area (Å²) in [7, 11) is 0. The largest absolute Gasteiger partial charge is 0.466 e. The SMILES string of the molecule is CCNC(=NCc1ccn(-c2ccccc2)n1)N1CCCC(C(=O)OCC)C1.I. The molecule has 1 unspecified atom stereocenters. The predicted molar refractivity (Wildman–Crippen MR) is 125 cm³/mol. The normalized spacial score (nSPS) is 16.8. The van der Waals surface area contributed by atoms with Crippen LogP contribution in [-0.4, -0.2) is 52.9 Å². The highest BCUT2D eigenvalue weighted by Gasteiger charge is 2.28. The highest BCUT2D eigenvalue weighted by Crippen LogP contribution is 2.18. The summed E-state index contributed by atoms with van der Waals surface area (Å²) in [5, 5.41) is 7.96. The van der Waals surface area contributed by atoms with E-state index >= 15 is 0 Å². The third-order valence-electron chi connectivity index (χ3n) is 4.73. The Labute approximate surface area is 189 Å². The first-order valence-electron chi connectivity index (χ1n) is 10.0. The lowest BCUT2D eigenvalue weighted by molar-refractivity contribution is -0.149. The minimum absolute atomic E-state index is 0. The molecule has 7 nitrogen and oxygen atoms in total. The molecule has 1 aromatic heterocycles. The Kier molecular flexibility index (Phi) is 9.43. The number of carbonyl (C=O) groups excluding carboxylic acids is 1. The molecule has 1 saturated heterocycles. The number of hydrogen-bond acceptors (Lipinski definition) is 4. The number of aromatic nitrogens is 2. The van der Waals surface area contributed by atoms with Crippen molar-refractivity contribution in [3.63, 3.8) is 0 Å². The maximum Gasteiger partial charge on any atom is 0.310 e. The van der Waals surface area contributed by atoms with Crippen LogP contribution >= 0.6 is 24.0 Å². The quantitative estimate of drug-likeness (QED) is 0.279. The summed E-state index contributed by atoms with van der Waals surface area (Å²) in [6.45, 7) is 7.11. The van der Waals surface area contributed by atoms with E-state index < -0.39 is 0 Å². The van der Waals surface area contributed by atoms with Crippen molar-refractivity contribution in [2.75, 3.05) is 26.2 Å². The van der Waals surface area contributed by atoms with E-state index in [2.05, 4.69) is 15.3 Å². The lowest BCUT2D eigenvalue weighted by Crippen LogP contribution is -2.48. The predicted octanol–water partition coefficient (Wildman–Crippen LogP) is 3.23. The molecule has 3 rings (SSSR count). The van der Waals surface area contributed by atoms with Gasteiger partial charge in [0.1, 0.15) is 0 Å². The van der Waals surface area contributed by atoms with Crippen molar-refractivity contribution in [3.05, 3.63) is 48.3 Å². The Balaban J connectivity index is 0.00000300. The second kappa shape index (κ2) is 11.8. The van der Waals surface area contributed by atoms with Crippen LogP contribution in [0.15, 0.2) is 47.6 Å². The molecule has 1 aromatic carbocycles. The van der Waals surface area contributed by atoms with Crippen molar-refractivity contribution in [2.24, 2.45) is 10.9 Å². The highest BCUT2D eigenvalue weighted by atomic mass is 127. The van der Waals surface area contributed by atoms with Crippen LogP contribution in [0.2, 0.25) is 0 Å². The molecule has 2 heterocycles. The van der Waals surface area contributed by atoms with Crippen molar-refractivity contribution in [1.29, 1.82) is 0 Å². The van der Waals surface area contributed by atoms with E-state index in [1.807, 2.05) is 61.1 Å². The maximum absolute atomic E-state index is 12.1. The number of carbonyl (C=O) groups is 1. The van der Waals surface area contributed by atoms with Crippen molar-refractivity contribution < 1.29 is 9.53 Å². The number of hydrogen-bond donors (Lipinski definition) is 1. The summed E-state index contributed by atoms with van der Waals surface area (Å²) < 4.78 is 7.06. The van der Waals surface area contributed by atoms with Gasteiger partial charge < -0.3 is 15.0 Å². The van der Waals surface area contributed by atoms with E-state index in [0.717, 1.165) is 43.3 Å². The van der Waals surface area contributed by atoms with E-state index in [4.69, 9.17) is 9.73 Å². The molecule has 0 saturated carbocycles. The fraction of sp³-hybridized carbons (Fsp3) is 0.476. The van der Waals surface area contributed by atoms with E-state index in [0.29, 0.717) is 19.7 Å². The molecule has 0 bridgehead atoms. The molecule has 1 fully saturated rings. The fourth-order valence-electron chi connectivity index (χ4n) is 3.37. The molecular weight excluding hydrogens is 481 g/mol. The Morgan fingerprint density at radius 1 is 1.28 bits per heavy atom. The molecule has 0 radical (unpaired) electrons. The van der Waals surface area contributed by atoms with Crippen LogP contribution in [0.4, 0.5) is 0 Å². The standard InChI is InChI=1S/C21H29N5O2.HI/c1-3-22-21(25-13-8-9-17(16-25)20(27)28-4-2)23-15-18-12-14-26(24-18)19-10-6-5-7-11-19;/h5-7,10-12,14,17H,3-4,8-9,13,15-16H2,1-2H3,(H,22,23);1H. The molecule has 1 N–H and O–H groups in total. The van der Waals surface area contributed by atoms with Crippen LogP contribution in [0, 0.1) is 5.92 Å². The van der Waals surface area contributed by atoms with Crippen molar-refractivity contribution >= 4 is 35.9 Å². The number of para-hydroxylation sites is 1. The summed E-state index contributed by atoms with van der Waals surface area (Å²) in [6.07, 6.45) is 3.78. The van der Waals surface area contributed by atoms with Crippen LogP contribution in [0.25, 0.3) is 5.69 Å². The molecule has 158 valence electrons. The van der Waals surface area contributed by atoms with Crippen molar-refractivity contribution in [2.45, 2.75) is 33.2 Å². The number of aliphatic imine (C=N–C) groups is 1. The Morgan fingerprint density at radius 3 is 2.79 bits per heavy atom. The number of likely N-dealkylation sites (tertiary alicyclic amines) is 1. The van der Waals surface area contributed by atoms with Crippen LogP contribution in [-0.2, 0) is 16.1 Å². The van der Waals surface area contributed by atoms with Gasteiger partial charge in [0.05, 0.1) is 30.5 Å². The Morgan fingerprint density at radius 2 is 2.07 bits per heavy atom. The van der Waals surface area contributed by atoms with Gasteiger partial charge in [0.15, 0.2) is 5.96 Å². The molecule has 0 aliphatic carbocycles. The molecule has 1 aliphatic heterocycles. The van der Waals surface area contributed by atoms with E-state index in [1.165, 1.54) is 0 Å². The van der Waals surface area contributed by atoms with Crippen molar-refractivity contribution in [3.8, 4) is 5.69 Å². The van der Waals surface area contributed by atoms with Gasteiger partial charge in [-0.3, -0.25) is 4.79 Å². The molecule has 1 aliphatic rings. The molecular formula is C21H30IN5O2. The first-order chi connectivity index (χ1) is 13.7. The monoisotopic (exact) mass is 511 g/mol. The minimum atomic E-state index is -0.107. The minimum Gasteiger partial charge on any atom is -0.466 e. The lowest BCUT2D eigenvalue weighted by Gasteiger charge is -2.33. The first-order valence-corrected chi connectivity index (χ1v) is 10.0. The van der Waals surface area contributed by atoms with E-state index in [9.17, 15) is 4.79 Å². The number of nitrogens with one attached hydrogen (secondary N) is 1. The molecule has 2 aromatic rings. The van der Waals surface area contributed by atoms with Gasteiger partial charge >= 0.3 is 5.97 Å². The van der Waals surface area contributed by atoms with Gasteiger partial charge in [-0.15, -0.1) is 24.0 Å². The summed E-state index contributed by atoms with van der Waals surface area (Å²) in [4.78, 5) is 19.0.